The Morgan fingerprint density at radius 1 is 1.28 bits per heavy atom. The molecule has 0 spiro atoms. The lowest BCUT2D eigenvalue weighted by Gasteiger charge is -2.10. The summed E-state index contributed by atoms with van der Waals surface area (Å²) in [5.41, 5.74) is 0.289. The lowest BCUT2D eigenvalue weighted by molar-refractivity contribution is -0.385. The molecule has 0 amide bonds. The third kappa shape index (κ3) is 3.36. The maximum absolute atomic E-state index is 12.6. The van der Waals surface area contributed by atoms with E-state index in [4.69, 9.17) is 16.0 Å². The molecule has 0 unspecified atom stereocenters. The molecule has 3 aromatic rings. The Bertz CT molecular complexity index is 1170. The van der Waals surface area contributed by atoms with E-state index in [0.29, 0.717) is 10.3 Å². The fourth-order valence-electron chi connectivity index (χ4n) is 2.20. The number of nitrogens with zero attached hydrogens (tertiary/aromatic N) is 1. The van der Waals surface area contributed by atoms with Crippen LogP contribution < -0.4 is 9.66 Å². The highest BCUT2D eigenvalue weighted by Crippen LogP contribution is 2.31. The fraction of sp³-hybridized carbons (Fsp3) is 0.0714. The molecule has 0 atom stereocenters. The van der Waals surface area contributed by atoms with Crippen LogP contribution in [-0.2, 0) is 10.0 Å². The summed E-state index contributed by atoms with van der Waals surface area (Å²) in [6.07, 6.45) is 0. The Labute approximate surface area is 149 Å². The van der Waals surface area contributed by atoms with Crippen molar-refractivity contribution in [3.63, 3.8) is 0 Å². The highest BCUT2D eigenvalue weighted by molar-refractivity contribution is 7.92. The summed E-state index contributed by atoms with van der Waals surface area (Å²) in [5, 5.41) is 11.0. The molecule has 11 heteroatoms. The summed E-state index contributed by atoms with van der Waals surface area (Å²) in [7, 11) is -4.10. The standard InChI is InChI=1S/C14H9ClN2O6S2/c1-7-2-3-9(17(19)20)6-12(7)25(21,22)16-8-4-10(15)13-11(5-8)24-14(18)23-13/h2-6,16H,1H3. The van der Waals surface area contributed by atoms with E-state index < -0.39 is 19.9 Å². The van der Waals surface area contributed by atoms with Crippen LogP contribution in [0.4, 0.5) is 11.4 Å². The van der Waals surface area contributed by atoms with Gasteiger partial charge in [0.25, 0.3) is 15.7 Å². The number of fused-ring (bicyclic) bond motifs is 1. The molecule has 25 heavy (non-hydrogen) atoms. The van der Waals surface area contributed by atoms with Crippen molar-refractivity contribution in [1.82, 2.24) is 0 Å². The van der Waals surface area contributed by atoms with E-state index in [0.717, 1.165) is 17.4 Å². The van der Waals surface area contributed by atoms with Crippen molar-refractivity contribution in [2.75, 3.05) is 4.72 Å². The van der Waals surface area contributed by atoms with Crippen molar-refractivity contribution >= 4 is 54.6 Å². The van der Waals surface area contributed by atoms with Crippen molar-refractivity contribution in [3.05, 3.63) is 60.8 Å². The highest BCUT2D eigenvalue weighted by Gasteiger charge is 2.21. The maximum atomic E-state index is 12.6. The molecule has 0 aliphatic heterocycles. The minimum Gasteiger partial charge on any atom is -0.412 e. The molecule has 0 aliphatic rings. The number of hydrogen-bond acceptors (Lipinski definition) is 7. The normalized spacial score (nSPS) is 11.6. The van der Waals surface area contributed by atoms with Gasteiger partial charge in [0.05, 0.1) is 25.2 Å². The van der Waals surface area contributed by atoms with Crippen LogP contribution in [-0.4, -0.2) is 13.3 Å². The number of halogens is 1. The predicted molar refractivity (Wildman–Crippen MR) is 94.0 cm³/mol. The van der Waals surface area contributed by atoms with Gasteiger partial charge in [-0.3, -0.25) is 14.8 Å². The first-order valence-corrected chi connectivity index (χ1v) is 9.36. The van der Waals surface area contributed by atoms with E-state index in [9.17, 15) is 23.3 Å². The number of benzene rings is 2. The summed E-state index contributed by atoms with van der Waals surface area (Å²) >= 11 is 6.78. The topological polar surface area (TPSA) is 120 Å². The molecule has 1 heterocycles. The first-order chi connectivity index (χ1) is 11.7. The second-order valence-corrected chi connectivity index (χ2v) is 8.09. The van der Waals surface area contributed by atoms with Gasteiger partial charge in [-0.1, -0.05) is 29.0 Å². The lowest BCUT2D eigenvalue weighted by atomic mass is 10.2. The molecule has 0 bridgehead atoms. The van der Waals surface area contributed by atoms with Gasteiger partial charge < -0.3 is 4.42 Å². The Kier molecular flexibility index (Phi) is 4.27. The van der Waals surface area contributed by atoms with Crippen molar-refractivity contribution < 1.29 is 17.8 Å². The van der Waals surface area contributed by atoms with Crippen molar-refractivity contribution in [3.8, 4) is 0 Å². The SMILES string of the molecule is Cc1ccc([N+](=O)[O-])cc1S(=O)(=O)Nc1cc(Cl)c2oc(=O)sc2c1. The number of non-ortho nitro benzene ring substituents is 1. The predicted octanol–water partition coefficient (Wildman–Crippen LogP) is 3.53. The van der Waals surface area contributed by atoms with Crippen LogP contribution in [0.25, 0.3) is 10.3 Å². The highest BCUT2D eigenvalue weighted by atomic mass is 35.5. The zero-order valence-electron chi connectivity index (χ0n) is 12.5. The van der Waals surface area contributed by atoms with Crippen molar-refractivity contribution in [2.24, 2.45) is 0 Å². The van der Waals surface area contributed by atoms with E-state index in [2.05, 4.69) is 4.72 Å². The monoisotopic (exact) mass is 400 g/mol. The van der Waals surface area contributed by atoms with E-state index in [1.807, 2.05) is 0 Å². The van der Waals surface area contributed by atoms with Crippen molar-refractivity contribution in [1.29, 1.82) is 0 Å². The van der Waals surface area contributed by atoms with Crippen LogP contribution in [0.2, 0.25) is 5.02 Å². The minimum atomic E-state index is -4.10. The lowest BCUT2D eigenvalue weighted by Crippen LogP contribution is -2.14. The van der Waals surface area contributed by atoms with E-state index in [1.165, 1.54) is 31.2 Å². The molecule has 0 fully saturated rings. The molecule has 0 radical (unpaired) electrons. The second kappa shape index (κ2) is 6.14. The zero-order valence-corrected chi connectivity index (χ0v) is 14.9. The molecule has 8 nitrogen and oxygen atoms in total. The van der Waals surface area contributed by atoms with Gasteiger partial charge >= 0.3 is 4.94 Å². The van der Waals surface area contributed by atoms with Gasteiger partial charge in [-0.2, -0.15) is 0 Å². The Hall–Kier alpha value is -2.43. The number of aryl methyl sites for hydroxylation is 1. The van der Waals surface area contributed by atoms with Gasteiger partial charge in [-0.15, -0.1) is 0 Å². The van der Waals surface area contributed by atoms with Crippen LogP contribution in [0.3, 0.4) is 0 Å². The van der Waals surface area contributed by atoms with Crippen LogP contribution >= 0.6 is 22.9 Å². The molecule has 1 aromatic heterocycles. The number of anilines is 1. The summed E-state index contributed by atoms with van der Waals surface area (Å²) in [4.78, 5) is 20.7. The summed E-state index contributed by atoms with van der Waals surface area (Å²) < 4.78 is 32.8. The molecule has 0 aliphatic carbocycles. The maximum Gasteiger partial charge on any atom is 0.396 e. The van der Waals surface area contributed by atoms with Gasteiger partial charge in [-0.05, 0) is 24.6 Å². The van der Waals surface area contributed by atoms with Crippen LogP contribution in [0.1, 0.15) is 5.56 Å². The second-order valence-electron chi connectivity index (χ2n) is 5.05. The Balaban J connectivity index is 2.06. The number of nitro benzene ring substituents is 1. The number of hydrogen-bond donors (Lipinski definition) is 1. The van der Waals surface area contributed by atoms with E-state index in [1.54, 1.807) is 0 Å². The smallest absolute Gasteiger partial charge is 0.396 e. The molecule has 0 saturated carbocycles. The van der Waals surface area contributed by atoms with Gasteiger partial charge in [0.1, 0.15) is 0 Å². The van der Waals surface area contributed by atoms with Crippen molar-refractivity contribution in [2.45, 2.75) is 11.8 Å². The third-order valence-electron chi connectivity index (χ3n) is 3.31. The molecule has 130 valence electrons. The van der Waals surface area contributed by atoms with Crippen LogP contribution in [0.15, 0.2) is 44.4 Å². The Morgan fingerprint density at radius 3 is 2.68 bits per heavy atom. The third-order valence-corrected chi connectivity index (χ3v) is 5.89. The summed E-state index contributed by atoms with van der Waals surface area (Å²) in [6.45, 7) is 1.52. The minimum absolute atomic E-state index is 0.0734. The molecule has 1 N–H and O–H groups in total. The molecular weight excluding hydrogens is 392 g/mol. The van der Waals surface area contributed by atoms with Gasteiger partial charge in [0, 0.05) is 12.1 Å². The van der Waals surface area contributed by atoms with Gasteiger partial charge in [0.2, 0.25) is 0 Å². The average molecular weight is 401 g/mol. The molecule has 0 saturated heterocycles. The number of sulfonamides is 1. The first-order valence-electron chi connectivity index (χ1n) is 6.68. The molecule has 3 rings (SSSR count). The van der Waals surface area contributed by atoms with E-state index in [-0.39, 0.29) is 26.9 Å². The number of rotatable bonds is 4. The summed E-state index contributed by atoms with van der Waals surface area (Å²) in [5.74, 6) is 0. The van der Waals surface area contributed by atoms with Gasteiger partial charge in [0.15, 0.2) is 5.58 Å². The van der Waals surface area contributed by atoms with Gasteiger partial charge in [-0.25, -0.2) is 13.2 Å². The zero-order chi connectivity index (χ0) is 18.4. The van der Waals surface area contributed by atoms with Crippen LogP contribution in [0.5, 0.6) is 0 Å². The fourth-order valence-corrected chi connectivity index (χ4v) is 4.55. The van der Waals surface area contributed by atoms with Crippen LogP contribution in [0, 0.1) is 17.0 Å². The number of nitro groups is 1. The Morgan fingerprint density at radius 2 is 2.00 bits per heavy atom. The largest absolute Gasteiger partial charge is 0.412 e. The molecule has 2 aromatic carbocycles. The molecular formula is C14H9ClN2O6S2. The average Bonchev–Trinajstić information content (AvgIpc) is 2.87. The summed E-state index contributed by atoms with van der Waals surface area (Å²) in [6, 6.07) is 6.25. The first kappa shape index (κ1) is 17.4. The van der Waals surface area contributed by atoms with E-state index >= 15 is 0 Å². The quantitative estimate of drug-likeness (QED) is 0.528. The number of nitrogens with one attached hydrogen (secondary N) is 1.